The highest BCUT2D eigenvalue weighted by molar-refractivity contribution is 7.91. The summed E-state index contributed by atoms with van der Waals surface area (Å²) in [6, 6.07) is 8.89. The summed E-state index contributed by atoms with van der Waals surface area (Å²) < 4.78 is 39.6. The number of ether oxygens (including phenoxy) is 1. The lowest BCUT2D eigenvalue weighted by molar-refractivity contribution is -0.134. The molecule has 1 saturated heterocycles. The Hall–Kier alpha value is -2.36. The highest BCUT2D eigenvalue weighted by atomic mass is 32.2. The van der Waals surface area contributed by atoms with Crippen LogP contribution in [0.5, 0.6) is 5.75 Å². The molecule has 0 unspecified atom stereocenters. The largest absolute Gasteiger partial charge is 0.484 e. The zero-order valence-corrected chi connectivity index (χ0v) is 19.3. The van der Waals surface area contributed by atoms with Gasteiger partial charge in [-0.15, -0.1) is 11.3 Å². The van der Waals surface area contributed by atoms with Gasteiger partial charge in [-0.25, -0.2) is 13.1 Å². The number of piperidine rings is 1. The fraction of sp³-hybridized carbons (Fsp3) is 0.435. The first-order chi connectivity index (χ1) is 15.5. The smallest absolute Gasteiger partial charge is 0.260 e. The van der Waals surface area contributed by atoms with E-state index in [2.05, 4.69) is 4.72 Å². The molecule has 0 saturated carbocycles. The third kappa shape index (κ3) is 4.42. The number of fused-ring (bicyclic) bond motifs is 3. The number of furan rings is 1. The number of benzene rings is 1. The maximum absolute atomic E-state index is 12.6. The molecule has 2 aromatic heterocycles. The molecule has 5 rings (SSSR count). The Balaban J connectivity index is 1.14. The predicted octanol–water partition coefficient (Wildman–Crippen LogP) is 3.72. The summed E-state index contributed by atoms with van der Waals surface area (Å²) in [5.41, 5.74) is 2.15. The Bertz CT molecular complexity index is 1210. The van der Waals surface area contributed by atoms with Crippen LogP contribution >= 0.6 is 11.3 Å². The van der Waals surface area contributed by atoms with E-state index >= 15 is 0 Å². The van der Waals surface area contributed by atoms with E-state index in [-0.39, 0.29) is 18.6 Å². The molecule has 0 bridgehead atoms. The molecule has 0 radical (unpaired) electrons. The molecule has 1 aromatic carbocycles. The van der Waals surface area contributed by atoms with Gasteiger partial charge in [0, 0.05) is 36.5 Å². The third-order valence-corrected chi connectivity index (χ3v) is 9.14. The SMILES string of the molecule is O=C(COc1ccc2oc3c(c2c1)CCCC3)N1CCC(NS(=O)(=O)c2cccs2)CC1. The van der Waals surface area contributed by atoms with Gasteiger partial charge in [-0.05, 0) is 61.7 Å². The number of carbonyl (C=O) groups is 1. The Morgan fingerprint density at radius 2 is 2.00 bits per heavy atom. The molecule has 0 spiro atoms. The van der Waals surface area contributed by atoms with Crippen LogP contribution in [0, 0.1) is 0 Å². The molecule has 1 amide bonds. The molecule has 170 valence electrons. The summed E-state index contributed by atoms with van der Waals surface area (Å²) in [6.07, 6.45) is 5.52. The van der Waals surface area contributed by atoms with E-state index in [1.807, 2.05) is 18.2 Å². The van der Waals surface area contributed by atoms with E-state index in [0.717, 1.165) is 36.0 Å². The topological polar surface area (TPSA) is 88.8 Å². The number of amides is 1. The highest BCUT2D eigenvalue weighted by Gasteiger charge is 2.27. The van der Waals surface area contributed by atoms with Gasteiger partial charge >= 0.3 is 0 Å². The molecule has 0 atom stereocenters. The van der Waals surface area contributed by atoms with E-state index in [9.17, 15) is 13.2 Å². The lowest BCUT2D eigenvalue weighted by atomic mass is 9.96. The summed E-state index contributed by atoms with van der Waals surface area (Å²) >= 11 is 1.20. The van der Waals surface area contributed by atoms with Crippen LogP contribution in [0.1, 0.15) is 37.0 Å². The van der Waals surface area contributed by atoms with Gasteiger partial charge in [0.05, 0.1) is 0 Å². The monoisotopic (exact) mass is 474 g/mol. The Morgan fingerprint density at radius 3 is 2.78 bits per heavy atom. The minimum absolute atomic E-state index is 0.0306. The maximum Gasteiger partial charge on any atom is 0.260 e. The molecule has 1 fully saturated rings. The van der Waals surface area contributed by atoms with Crippen molar-refractivity contribution in [1.29, 1.82) is 0 Å². The van der Waals surface area contributed by atoms with Crippen LogP contribution in [0.15, 0.2) is 44.3 Å². The molecule has 1 aliphatic heterocycles. The number of nitrogens with one attached hydrogen (secondary N) is 1. The molecule has 3 aromatic rings. The van der Waals surface area contributed by atoms with Crippen molar-refractivity contribution in [1.82, 2.24) is 9.62 Å². The number of nitrogens with zero attached hydrogens (tertiary/aromatic N) is 1. The Morgan fingerprint density at radius 1 is 1.19 bits per heavy atom. The summed E-state index contributed by atoms with van der Waals surface area (Å²) in [6.45, 7) is 0.985. The maximum atomic E-state index is 12.6. The highest BCUT2D eigenvalue weighted by Crippen LogP contribution is 2.34. The van der Waals surface area contributed by atoms with Gasteiger partial charge in [0.15, 0.2) is 6.61 Å². The Kier molecular flexibility index (Phi) is 5.96. The Labute approximate surface area is 191 Å². The van der Waals surface area contributed by atoms with Crippen molar-refractivity contribution in [2.75, 3.05) is 19.7 Å². The minimum atomic E-state index is -3.49. The zero-order chi connectivity index (χ0) is 22.1. The molecular weight excluding hydrogens is 448 g/mol. The predicted molar refractivity (Wildman–Crippen MR) is 123 cm³/mol. The average Bonchev–Trinajstić information content (AvgIpc) is 3.46. The van der Waals surface area contributed by atoms with E-state index in [4.69, 9.17) is 9.15 Å². The molecule has 7 nitrogen and oxygen atoms in total. The second-order valence-corrected chi connectivity index (χ2v) is 11.3. The molecule has 3 heterocycles. The molecule has 1 N–H and O–H groups in total. The van der Waals surface area contributed by atoms with Gasteiger partial charge in [-0.1, -0.05) is 6.07 Å². The number of likely N-dealkylation sites (tertiary alicyclic amines) is 1. The van der Waals surface area contributed by atoms with Gasteiger partial charge in [0.1, 0.15) is 21.3 Å². The van der Waals surface area contributed by atoms with Crippen LogP contribution in [-0.4, -0.2) is 45.0 Å². The zero-order valence-electron chi connectivity index (χ0n) is 17.7. The molecular formula is C23H26N2O5S2. The van der Waals surface area contributed by atoms with E-state index in [1.54, 1.807) is 22.4 Å². The number of hydrogen-bond acceptors (Lipinski definition) is 6. The van der Waals surface area contributed by atoms with Crippen molar-refractivity contribution < 1.29 is 22.4 Å². The first-order valence-corrected chi connectivity index (χ1v) is 13.4. The van der Waals surface area contributed by atoms with E-state index < -0.39 is 10.0 Å². The first-order valence-electron chi connectivity index (χ1n) is 11.0. The summed E-state index contributed by atoms with van der Waals surface area (Å²) in [7, 11) is -3.49. The van der Waals surface area contributed by atoms with Gasteiger partial charge in [-0.2, -0.15) is 0 Å². The third-order valence-electron chi connectivity index (χ3n) is 6.22. The standard InChI is InChI=1S/C23H26N2O5S2/c26-22(25-11-9-16(10-12-25)24-32(27,28)23-6-3-13-31-23)15-29-17-7-8-21-19(14-17)18-4-1-2-5-20(18)30-21/h3,6-8,13-14,16,24H,1-2,4-5,9-12,15H2. The minimum Gasteiger partial charge on any atom is -0.484 e. The van der Waals surface area contributed by atoms with Crippen LogP contribution in [0.2, 0.25) is 0 Å². The quantitative estimate of drug-likeness (QED) is 0.588. The molecule has 9 heteroatoms. The van der Waals surface area contributed by atoms with Crippen LogP contribution in [0.25, 0.3) is 11.0 Å². The van der Waals surface area contributed by atoms with Crippen LogP contribution < -0.4 is 9.46 Å². The van der Waals surface area contributed by atoms with Gasteiger partial charge in [-0.3, -0.25) is 4.79 Å². The second-order valence-electron chi connectivity index (χ2n) is 8.37. The van der Waals surface area contributed by atoms with Crippen LogP contribution in [-0.2, 0) is 27.7 Å². The van der Waals surface area contributed by atoms with Crippen molar-refractivity contribution in [3.63, 3.8) is 0 Å². The second kappa shape index (κ2) is 8.88. The van der Waals surface area contributed by atoms with Crippen molar-refractivity contribution in [2.45, 2.75) is 48.8 Å². The number of thiophene rings is 1. The van der Waals surface area contributed by atoms with E-state index in [0.29, 0.717) is 35.9 Å². The summed E-state index contributed by atoms with van der Waals surface area (Å²) in [4.78, 5) is 14.4. The van der Waals surface area contributed by atoms with Crippen molar-refractivity contribution in [3.8, 4) is 5.75 Å². The number of hydrogen-bond donors (Lipinski definition) is 1. The fourth-order valence-corrected chi connectivity index (χ4v) is 6.82. The number of aryl methyl sites for hydroxylation is 2. The van der Waals surface area contributed by atoms with Crippen molar-refractivity contribution >= 4 is 38.2 Å². The normalized spacial score (nSPS) is 17.4. The van der Waals surface area contributed by atoms with Gasteiger partial charge in [0.25, 0.3) is 5.91 Å². The first kappa shape index (κ1) is 21.5. The number of sulfonamides is 1. The van der Waals surface area contributed by atoms with Crippen LogP contribution in [0.3, 0.4) is 0 Å². The lowest BCUT2D eigenvalue weighted by Crippen LogP contribution is -2.47. The number of carbonyl (C=O) groups excluding carboxylic acids is 1. The molecule has 32 heavy (non-hydrogen) atoms. The molecule has 2 aliphatic rings. The van der Waals surface area contributed by atoms with Crippen LogP contribution in [0.4, 0.5) is 0 Å². The lowest BCUT2D eigenvalue weighted by Gasteiger charge is -2.32. The summed E-state index contributed by atoms with van der Waals surface area (Å²) in [5, 5.41) is 2.83. The van der Waals surface area contributed by atoms with Gasteiger partial charge < -0.3 is 14.1 Å². The van der Waals surface area contributed by atoms with E-state index in [1.165, 1.54) is 23.3 Å². The average molecular weight is 475 g/mol. The van der Waals surface area contributed by atoms with Crippen molar-refractivity contribution in [2.24, 2.45) is 0 Å². The van der Waals surface area contributed by atoms with Gasteiger partial charge in [0.2, 0.25) is 10.0 Å². The fourth-order valence-electron chi connectivity index (χ4n) is 4.51. The number of rotatable bonds is 6. The van der Waals surface area contributed by atoms with Crippen molar-refractivity contribution in [3.05, 3.63) is 47.0 Å². The summed E-state index contributed by atoms with van der Waals surface area (Å²) in [5.74, 6) is 1.66. The molecule has 1 aliphatic carbocycles.